The molecule has 0 saturated carbocycles. The number of benzene rings is 1. The summed E-state index contributed by atoms with van der Waals surface area (Å²) in [4.78, 5) is 11.1. The zero-order chi connectivity index (χ0) is 11.5. The minimum absolute atomic E-state index is 0. The van der Waals surface area contributed by atoms with Gasteiger partial charge in [-0.1, -0.05) is 6.07 Å². The maximum Gasteiger partial charge on any atom is 0.337 e. The quantitative estimate of drug-likeness (QED) is 0.623. The Morgan fingerprint density at radius 1 is 1.35 bits per heavy atom. The Kier molecular flexibility index (Phi) is 8.88. The number of nitrogens with zero attached hydrogens (tertiary/aromatic N) is 1. The maximum absolute atomic E-state index is 11.3. The molecule has 0 saturated heterocycles. The number of hydrogen-bond donors (Lipinski definition) is 0. The van der Waals surface area contributed by atoms with Crippen LogP contribution in [0, 0.1) is 7.43 Å². The summed E-state index contributed by atoms with van der Waals surface area (Å²) < 4.78 is 30.4. The topological polar surface area (TPSA) is 74.5 Å². The molecular weight excluding hydrogens is 319 g/mol. The Labute approximate surface area is 127 Å². The first-order valence-corrected chi connectivity index (χ1v) is 5.50. The van der Waals surface area contributed by atoms with Gasteiger partial charge in [-0.05, 0) is 18.2 Å². The minimum atomic E-state index is -3.65. The van der Waals surface area contributed by atoms with Gasteiger partial charge in [-0.3, -0.25) is 0 Å². The van der Waals surface area contributed by atoms with E-state index in [0.717, 1.165) is 0 Å². The predicted octanol–water partition coefficient (Wildman–Crippen LogP) is 1.61. The second-order valence-corrected chi connectivity index (χ2v) is 4.46. The SMILES string of the molecule is C[N-]S(=O)(=O)c1cccc(C(=O)OC)c1.[CH3-].[Y]. The van der Waals surface area contributed by atoms with Gasteiger partial charge in [0, 0.05) is 37.6 Å². The maximum atomic E-state index is 11.3. The Bertz CT molecular complexity index is 473. The van der Waals surface area contributed by atoms with Crippen LogP contribution in [0.1, 0.15) is 10.4 Å². The van der Waals surface area contributed by atoms with Crippen molar-refractivity contribution in [1.82, 2.24) is 0 Å². The zero-order valence-electron chi connectivity index (χ0n) is 9.88. The van der Waals surface area contributed by atoms with Crippen LogP contribution in [0.15, 0.2) is 29.2 Å². The molecule has 1 rings (SSSR count). The van der Waals surface area contributed by atoms with Gasteiger partial charge in [0.15, 0.2) is 0 Å². The normalized spacial score (nSPS) is 9.76. The predicted molar refractivity (Wildman–Crippen MR) is 60.7 cm³/mol. The monoisotopic (exact) mass is 332 g/mol. The number of methoxy groups -OCH3 is 1. The third-order valence-corrected chi connectivity index (χ3v) is 3.12. The van der Waals surface area contributed by atoms with Gasteiger partial charge in [-0.15, -0.1) is 0 Å². The summed E-state index contributed by atoms with van der Waals surface area (Å²) in [7, 11) is -1.23. The average molecular weight is 332 g/mol. The largest absolute Gasteiger partial charge is 0.547 e. The van der Waals surface area contributed by atoms with Gasteiger partial charge in [0.2, 0.25) is 0 Å². The molecule has 0 aromatic heterocycles. The smallest absolute Gasteiger partial charge is 0.337 e. The van der Waals surface area contributed by atoms with E-state index in [2.05, 4.69) is 9.46 Å². The molecule has 5 nitrogen and oxygen atoms in total. The molecule has 1 aromatic carbocycles. The fraction of sp³-hybridized carbons (Fsp3) is 0.200. The Morgan fingerprint density at radius 3 is 2.41 bits per heavy atom. The number of carbonyl (C=O) groups excluding carboxylic acids is 1. The Morgan fingerprint density at radius 2 is 1.94 bits per heavy atom. The third-order valence-electron chi connectivity index (χ3n) is 1.79. The first kappa shape index (κ1) is 19.1. The van der Waals surface area contributed by atoms with Crippen molar-refractivity contribution in [2.75, 3.05) is 14.2 Å². The van der Waals surface area contributed by atoms with Crippen LogP contribution in [-0.2, 0) is 47.5 Å². The van der Waals surface area contributed by atoms with Gasteiger partial charge in [0.05, 0.1) is 12.7 Å². The van der Waals surface area contributed by atoms with E-state index in [-0.39, 0.29) is 50.6 Å². The molecule has 0 bridgehead atoms. The number of sulfonamides is 1. The molecule has 1 radical (unpaired) electrons. The Balaban J connectivity index is 0. The molecule has 93 valence electrons. The molecule has 0 aliphatic heterocycles. The van der Waals surface area contributed by atoms with Crippen molar-refractivity contribution in [3.63, 3.8) is 0 Å². The third kappa shape index (κ3) is 4.83. The van der Waals surface area contributed by atoms with Gasteiger partial charge in [-0.2, -0.15) is 7.05 Å². The molecule has 0 N–H and O–H groups in total. The van der Waals surface area contributed by atoms with Gasteiger partial charge >= 0.3 is 5.97 Å². The van der Waals surface area contributed by atoms with Crippen LogP contribution in [-0.4, -0.2) is 28.5 Å². The summed E-state index contributed by atoms with van der Waals surface area (Å²) in [6, 6.07) is 5.54. The van der Waals surface area contributed by atoms with E-state index in [1.807, 2.05) is 0 Å². The van der Waals surface area contributed by atoms with Crippen molar-refractivity contribution in [2.24, 2.45) is 0 Å². The molecule has 7 heteroatoms. The molecule has 0 heterocycles. The fourth-order valence-corrected chi connectivity index (χ4v) is 1.74. The molecule has 0 fully saturated rings. The molecule has 0 atom stereocenters. The molecule has 0 aliphatic carbocycles. The van der Waals surface area contributed by atoms with Gasteiger partial charge in [-0.25, -0.2) is 13.2 Å². The Hall–Kier alpha value is -0.296. The van der Waals surface area contributed by atoms with Crippen molar-refractivity contribution < 1.29 is 50.7 Å². The average Bonchev–Trinajstić information content (AvgIpc) is 2.28. The number of esters is 1. The van der Waals surface area contributed by atoms with Crippen LogP contribution in [0.4, 0.5) is 0 Å². The van der Waals surface area contributed by atoms with E-state index in [1.165, 1.54) is 38.4 Å². The van der Waals surface area contributed by atoms with E-state index >= 15 is 0 Å². The number of ether oxygens (including phenoxy) is 1. The fourth-order valence-electron chi connectivity index (χ4n) is 1.01. The first-order valence-electron chi connectivity index (χ1n) is 4.06. The van der Waals surface area contributed by atoms with Gasteiger partial charge < -0.3 is 16.9 Å². The summed E-state index contributed by atoms with van der Waals surface area (Å²) >= 11 is 0. The summed E-state index contributed by atoms with van der Waals surface area (Å²) in [6.07, 6.45) is 0. The van der Waals surface area contributed by atoms with Crippen LogP contribution < -0.4 is 0 Å². The molecular formula is C10H13NO4SY-2. The number of hydrogen-bond acceptors (Lipinski definition) is 4. The van der Waals surface area contributed by atoms with Crippen molar-refractivity contribution >= 4 is 16.0 Å². The van der Waals surface area contributed by atoms with Crippen LogP contribution in [0.5, 0.6) is 0 Å². The minimum Gasteiger partial charge on any atom is -0.547 e. The summed E-state index contributed by atoms with van der Waals surface area (Å²) in [5, 5.41) is 0. The molecule has 1 aromatic rings. The van der Waals surface area contributed by atoms with E-state index in [1.54, 1.807) is 0 Å². The van der Waals surface area contributed by atoms with Crippen LogP contribution in [0.3, 0.4) is 0 Å². The van der Waals surface area contributed by atoms with Gasteiger partial charge in [0.25, 0.3) is 0 Å². The van der Waals surface area contributed by atoms with E-state index in [9.17, 15) is 13.2 Å². The second-order valence-electron chi connectivity index (χ2n) is 2.68. The van der Waals surface area contributed by atoms with Crippen LogP contribution in [0.2, 0.25) is 0 Å². The molecule has 17 heavy (non-hydrogen) atoms. The van der Waals surface area contributed by atoms with Crippen molar-refractivity contribution in [1.29, 1.82) is 0 Å². The second kappa shape index (κ2) is 7.92. The molecule has 0 unspecified atom stereocenters. The van der Waals surface area contributed by atoms with E-state index < -0.39 is 16.0 Å². The van der Waals surface area contributed by atoms with E-state index in [4.69, 9.17) is 0 Å². The summed E-state index contributed by atoms with van der Waals surface area (Å²) in [5.74, 6) is -0.580. The first-order chi connectivity index (χ1) is 7.01. The van der Waals surface area contributed by atoms with E-state index in [0.29, 0.717) is 0 Å². The molecule has 0 aliphatic rings. The van der Waals surface area contributed by atoms with Crippen LogP contribution >= 0.6 is 0 Å². The van der Waals surface area contributed by atoms with Gasteiger partial charge in [0.1, 0.15) is 10.0 Å². The summed E-state index contributed by atoms with van der Waals surface area (Å²) in [6.45, 7) is 0. The number of rotatable bonds is 3. The summed E-state index contributed by atoms with van der Waals surface area (Å²) in [5.41, 5.74) is 0.183. The van der Waals surface area contributed by atoms with Crippen LogP contribution in [0.25, 0.3) is 4.72 Å². The standard InChI is InChI=1S/C9H10NO4S.CH3.Y/c1-10-15(12,13)8-5-3-4-7(6-8)9(11)14-2;;/h3-6H,1-2H3;1H3;/q2*-1;. The zero-order valence-corrected chi connectivity index (χ0v) is 13.5. The van der Waals surface area contributed by atoms with Crippen molar-refractivity contribution in [3.05, 3.63) is 42.0 Å². The number of carbonyl (C=O) groups is 1. The molecule has 0 spiro atoms. The van der Waals surface area contributed by atoms with Crippen molar-refractivity contribution in [3.8, 4) is 0 Å². The molecule has 0 amide bonds. The van der Waals surface area contributed by atoms with Crippen molar-refractivity contribution in [2.45, 2.75) is 4.90 Å².